The molecule has 1 N–H and O–H groups in total. The van der Waals surface area contributed by atoms with E-state index in [4.69, 9.17) is 4.74 Å². The molecule has 0 amide bonds. The lowest BCUT2D eigenvalue weighted by atomic mass is 10.1. The predicted molar refractivity (Wildman–Crippen MR) is 84.2 cm³/mol. The Labute approximate surface area is 123 Å². The Bertz CT molecular complexity index is 606. The van der Waals surface area contributed by atoms with Gasteiger partial charge in [-0.15, -0.1) is 11.3 Å². The van der Waals surface area contributed by atoms with Gasteiger partial charge in [-0.3, -0.25) is 10.1 Å². The molecular formula is C16H21NO2S. The van der Waals surface area contributed by atoms with Gasteiger partial charge in [0.1, 0.15) is 6.04 Å². The quantitative estimate of drug-likeness (QED) is 0.851. The molecule has 0 aliphatic heterocycles. The van der Waals surface area contributed by atoms with Crippen molar-refractivity contribution in [2.75, 3.05) is 6.61 Å². The minimum Gasteiger partial charge on any atom is -0.465 e. The molecule has 0 saturated carbocycles. The van der Waals surface area contributed by atoms with E-state index in [0.29, 0.717) is 6.61 Å². The third kappa shape index (κ3) is 3.02. The van der Waals surface area contributed by atoms with Crippen LogP contribution in [-0.4, -0.2) is 18.6 Å². The average Bonchev–Trinajstić information content (AvgIpc) is 2.77. The number of thiophene rings is 1. The van der Waals surface area contributed by atoms with Gasteiger partial charge >= 0.3 is 5.97 Å². The molecule has 108 valence electrons. The van der Waals surface area contributed by atoms with Crippen LogP contribution in [0.3, 0.4) is 0 Å². The number of ether oxygens (including phenoxy) is 1. The van der Waals surface area contributed by atoms with Crippen molar-refractivity contribution in [3.05, 3.63) is 34.7 Å². The van der Waals surface area contributed by atoms with Gasteiger partial charge in [0.2, 0.25) is 0 Å². The molecule has 2 unspecified atom stereocenters. The molecular weight excluding hydrogens is 270 g/mol. The normalized spacial score (nSPS) is 14.2. The van der Waals surface area contributed by atoms with Gasteiger partial charge in [-0.05, 0) is 44.7 Å². The van der Waals surface area contributed by atoms with Crippen molar-refractivity contribution >= 4 is 27.4 Å². The van der Waals surface area contributed by atoms with Crippen molar-refractivity contribution in [1.82, 2.24) is 5.32 Å². The molecule has 1 aromatic carbocycles. The van der Waals surface area contributed by atoms with Gasteiger partial charge in [0, 0.05) is 15.6 Å². The number of aryl methyl sites for hydroxylation is 1. The van der Waals surface area contributed by atoms with E-state index in [0.717, 1.165) is 0 Å². The van der Waals surface area contributed by atoms with Gasteiger partial charge in [0.05, 0.1) is 6.61 Å². The van der Waals surface area contributed by atoms with Crippen molar-refractivity contribution in [3.8, 4) is 0 Å². The van der Waals surface area contributed by atoms with Gasteiger partial charge in [0.25, 0.3) is 0 Å². The van der Waals surface area contributed by atoms with Crippen LogP contribution in [0.2, 0.25) is 0 Å². The molecule has 0 spiro atoms. The molecule has 3 nitrogen and oxygen atoms in total. The van der Waals surface area contributed by atoms with Gasteiger partial charge in [0.15, 0.2) is 0 Å². The highest BCUT2D eigenvalue weighted by molar-refractivity contribution is 7.19. The van der Waals surface area contributed by atoms with Crippen LogP contribution in [0, 0.1) is 6.92 Å². The van der Waals surface area contributed by atoms with E-state index in [1.54, 1.807) is 11.3 Å². The van der Waals surface area contributed by atoms with Gasteiger partial charge < -0.3 is 4.74 Å². The lowest BCUT2D eigenvalue weighted by Gasteiger charge is -2.18. The van der Waals surface area contributed by atoms with E-state index in [9.17, 15) is 4.79 Å². The first-order chi connectivity index (χ1) is 9.54. The van der Waals surface area contributed by atoms with Crippen LogP contribution in [-0.2, 0) is 9.53 Å². The summed E-state index contributed by atoms with van der Waals surface area (Å²) in [5.41, 5.74) is 1.29. The van der Waals surface area contributed by atoms with Crippen molar-refractivity contribution < 1.29 is 9.53 Å². The maximum absolute atomic E-state index is 11.7. The maximum Gasteiger partial charge on any atom is 0.322 e. The van der Waals surface area contributed by atoms with Gasteiger partial charge in [-0.1, -0.05) is 18.2 Å². The summed E-state index contributed by atoms with van der Waals surface area (Å²) in [5.74, 6) is -0.196. The number of nitrogens with one attached hydrogen (secondary N) is 1. The Kier molecular flexibility index (Phi) is 4.78. The Hall–Kier alpha value is -1.39. The topological polar surface area (TPSA) is 38.3 Å². The minimum atomic E-state index is -0.297. The van der Waals surface area contributed by atoms with Crippen LogP contribution in [0.15, 0.2) is 24.3 Å². The van der Waals surface area contributed by atoms with Gasteiger partial charge in [-0.2, -0.15) is 0 Å². The summed E-state index contributed by atoms with van der Waals surface area (Å²) in [6, 6.07) is 8.23. The van der Waals surface area contributed by atoms with Crippen LogP contribution in [0.4, 0.5) is 0 Å². The second kappa shape index (κ2) is 6.37. The average molecular weight is 291 g/mol. The number of esters is 1. The minimum absolute atomic E-state index is 0.131. The zero-order chi connectivity index (χ0) is 14.7. The van der Waals surface area contributed by atoms with Crippen LogP contribution in [0.5, 0.6) is 0 Å². The van der Waals surface area contributed by atoms with Crippen LogP contribution in [0.1, 0.15) is 37.3 Å². The van der Waals surface area contributed by atoms with Crippen LogP contribution < -0.4 is 5.32 Å². The Balaban J connectivity index is 2.17. The highest BCUT2D eigenvalue weighted by atomic mass is 32.1. The fourth-order valence-corrected chi connectivity index (χ4v) is 3.61. The molecule has 1 heterocycles. The monoisotopic (exact) mass is 291 g/mol. The van der Waals surface area contributed by atoms with Crippen molar-refractivity contribution in [2.24, 2.45) is 0 Å². The van der Waals surface area contributed by atoms with E-state index >= 15 is 0 Å². The lowest BCUT2D eigenvalue weighted by molar-refractivity contribution is -0.145. The molecule has 0 aliphatic carbocycles. The molecule has 0 bridgehead atoms. The fraction of sp³-hybridized carbons (Fsp3) is 0.438. The Morgan fingerprint density at radius 3 is 2.70 bits per heavy atom. The molecule has 1 aromatic heterocycles. The summed E-state index contributed by atoms with van der Waals surface area (Å²) >= 11 is 1.78. The number of hydrogen-bond donors (Lipinski definition) is 1. The zero-order valence-electron chi connectivity index (χ0n) is 12.4. The predicted octanol–water partition coefficient (Wildman–Crippen LogP) is 3.81. The highest BCUT2D eigenvalue weighted by Crippen LogP contribution is 2.34. The van der Waals surface area contributed by atoms with E-state index < -0.39 is 0 Å². The van der Waals surface area contributed by atoms with E-state index in [1.807, 2.05) is 13.8 Å². The third-order valence-corrected chi connectivity index (χ3v) is 4.87. The molecule has 0 radical (unpaired) electrons. The van der Waals surface area contributed by atoms with Crippen LogP contribution in [0.25, 0.3) is 10.1 Å². The standard InChI is InChI=1S/C16H21NO2S/c1-5-19-16(18)12(4)17-11(3)15-10(2)13-8-6-7-9-14(13)20-15/h6-9,11-12,17H,5H2,1-4H3. The second-order valence-corrected chi connectivity index (χ2v) is 6.03. The molecule has 4 heteroatoms. The second-order valence-electron chi connectivity index (χ2n) is 4.95. The zero-order valence-corrected chi connectivity index (χ0v) is 13.2. The first-order valence-corrected chi connectivity index (χ1v) is 7.77. The smallest absolute Gasteiger partial charge is 0.322 e. The summed E-state index contributed by atoms with van der Waals surface area (Å²) in [6.45, 7) is 8.32. The number of carbonyl (C=O) groups is 1. The summed E-state index contributed by atoms with van der Waals surface area (Å²) in [5, 5.41) is 4.61. The number of rotatable bonds is 5. The molecule has 2 atom stereocenters. The summed E-state index contributed by atoms with van der Waals surface area (Å²) in [6.07, 6.45) is 0. The van der Waals surface area contributed by atoms with Crippen molar-refractivity contribution in [1.29, 1.82) is 0 Å². The molecule has 0 saturated heterocycles. The number of carbonyl (C=O) groups excluding carboxylic acids is 1. The molecule has 2 rings (SSSR count). The largest absolute Gasteiger partial charge is 0.465 e. The molecule has 20 heavy (non-hydrogen) atoms. The fourth-order valence-electron chi connectivity index (χ4n) is 2.39. The van der Waals surface area contributed by atoms with Crippen LogP contribution >= 0.6 is 11.3 Å². The van der Waals surface area contributed by atoms with E-state index in [2.05, 4.69) is 43.4 Å². The van der Waals surface area contributed by atoms with Gasteiger partial charge in [-0.25, -0.2) is 0 Å². The van der Waals surface area contributed by atoms with Crippen molar-refractivity contribution in [2.45, 2.75) is 39.8 Å². The lowest BCUT2D eigenvalue weighted by Crippen LogP contribution is -2.36. The molecule has 2 aromatic rings. The maximum atomic E-state index is 11.7. The highest BCUT2D eigenvalue weighted by Gasteiger charge is 2.20. The SMILES string of the molecule is CCOC(=O)C(C)NC(C)c1sc2ccccc2c1C. The van der Waals surface area contributed by atoms with Crippen molar-refractivity contribution in [3.63, 3.8) is 0 Å². The molecule has 0 fully saturated rings. The number of hydrogen-bond acceptors (Lipinski definition) is 4. The summed E-state index contributed by atoms with van der Waals surface area (Å²) in [7, 11) is 0. The summed E-state index contributed by atoms with van der Waals surface area (Å²) in [4.78, 5) is 13.0. The first kappa shape index (κ1) is 15.0. The van der Waals surface area contributed by atoms with E-state index in [-0.39, 0.29) is 18.1 Å². The number of fused-ring (bicyclic) bond motifs is 1. The number of benzene rings is 1. The third-order valence-electron chi connectivity index (χ3n) is 3.41. The first-order valence-electron chi connectivity index (χ1n) is 6.95. The van der Waals surface area contributed by atoms with E-state index in [1.165, 1.54) is 20.5 Å². The molecule has 0 aliphatic rings. The Morgan fingerprint density at radius 1 is 1.35 bits per heavy atom. The summed E-state index contributed by atoms with van der Waals surface area (Å²) < 4.78 is 6.32. The Morgan fingerprint density at radius 2 is 2.05 bits per heavy atom.